The molecule has 2 nitrogen and oxygen atoms in total. The number of thioether (sulfide) groups is 1. The van der Waals surface area contributed by atoms with E-state index < -0.39 is 0 Å². The number of fused-ring (bicyclic) bond motifs is 1. The standard InChI is InChI=1S/C32H23NOS/c1-22-16-18-26(19-17-22)33-28(23-10-4-2-5-11-23)20-25(31(33)24-12-6-3-7-13-24)21-30-32(34)27-14-8-9-15-29(27)35-30/h2-21H,1H3. The average Bonchev–Trinajstić information content (AvgIpc) is 3.44. The maximum absolute atomic E-state index is 13.2. The van der Waals surface area contributed by atoms with Crippen LogP contribution in [0.25, 0.3) is 34.3 Å². The fraction of sp³-hybridized carbons (Fsp3) is 0.0312. The molecule has 4 aromatic carbocycles. The molecule has 0 bridgehead atoms. The number of nitrogens with zero attached hydrogens (tertiary/aromatic N) is 1. The molecule has 0 fully saturated rings. The Kier molecular flexibility index (Phi) is 5.48. The summed E-state index contributed by atoms with van der Waals surface area (Å²) >= 11 is 1.55. The van der Waals surface area contributed by atoms with E-state index in [0.29, 0.717) is 0 Å². The molecule has 0 atom stereocenters. The quantitative estimate of drug-likeness (QED) is 0.246. The fourth-order valence-corrected chi connectivity index (χ4v) is 5.63. The fourth-order valence-electron chi connectivity index (χ4n) is 4.59. The van der Waals surface area contributed by atoms with Crippen LogP contribution in [0.1, 0.15) is 21.5 Å². The van der Waals surface area contributed by atoms with Gasteiger partial charge in [-0.15, -0.1) is 0 Å². The van der Waals surface area contributed by atoms with Crippen molar-refractivity contribution in [2.24, 2.45) is 0 Å². The molecule has 1 aliphatic rings. The van der Waals surface area contributed by atoms with Gasteiger partial charge in [0.05, 0.1) is 16.3 Å². The van der Waals surface area contributed by atoms with Gasteiger partial charge in [0.25, 0.3) is 0 Å². The molecule has 1 aromatic heterocycles. The molecular weight excluding hydrogens is 446 g/mol. The van der Waals surface area contributed by atoms with E-state index in [1.165, 1.54) is 5.56 Å². The van der Waals surface area contributed by atoms with Gasteiger partial charge in [0.1, 0.15) is 0 Å². The first-order valence-electron chi connectivity index (χ1n) is 11.7. The SMILES string of the molecule is Cc1ccc(-n2c(-c3ccccc3)cc(C=C3Sc4ccccc4C3=O)c2-c2ccccc2)cc1. The minimum atomic E-state index is 0.0916. The lowest BCUT2D eigenvalue weighted by Crippen LogP contribution is -2.00. The molecular formula is C32H23NOS. The van der Waals surface area contributed by atoms with E-state index >= 15 is 0 Å². The Bertz CT molecular complexity index is 1560. The number of carbonyl (C=O) groups is 1. The van der Waals surface area contributed by atoms with Gasteiger partial charge in [-0.3, -0.25) is 4.79 Å². The molecule has 1 aliphatic heterocycles. The number of rotatable bonds is 4. The third-order valence-corrected chi connectivity index (χ3v) is 7.40. The monoisotopic (exact) mass is 469 g/mol. The summed E-state index contributed by atoms with van der Waals surface area (Å²) in [5.41, 5.74) is 8.52. The molecule has 0 N–H and O–H groups in total. The van der Waals surface area contributed by atoms with Crippen molar-refractivity contribution in [1.29, 1.82) is 0 Å². The van der Waals surface area contributed by atoms with Crippen LogP contribution < -0.4 is 0 Å². The largest absolute Gasteiger partial charge is 0.309 e. The number of carbonyl (C=O) groups excluding carboxylic acids is 1. The van der Waals surface area contributed by atoms with Gasteiger partial charge in [-0.05, 0) is 54.5 Å². The summed E-state index contributed by atoms with van der Waals surface area (Å²) in [6, 6.07) is 39.5. The van der Waals surface area contributed by atoms with Crippen molar-refractivity contribution in [2.45, 2.75) is 11.8 Å². The molecule has 3 heteroatoms. The predicted octanol–water partition coefficient (Wildman–Crippen LogP) is 8.45. The lowest BCUT2D eigenvalue weighted by atomic mass is 10.1. The third kappa shape index (κ3) is 3.94. The third-order valence-electron chi connectivity index (χ3n) is 6.30. The molecule has 0 aliphatic carbocycles. The summed E-state index contributed by atoms with van der Waals surface area (Å²) in [5.74, 6) is 0.0916. The van der Waals surface area contributed by atoms with Crippen LogP contribution in [0, 0.1) is 6.92 Å². The van der Waals surface area contributed by atoms with Crippen LogP contribution in [0.15, 0.2) is 125 Å². The second-order valence-electron chi connectivity index (χ2n) is 8.67. The van der Waals surface area contributed by atoms with E-state index in [4.69, 9.17) is 0 Å². The molecule has 0 unspecified atom stereocenters. The number of aromatic nitrogens is 1. The zero-order chi connectivity index (χ0) is 23.8. The smallest absolute Gasteiger partial charge is 0.200 e. The highest BCUT2D eigenvalue weighted by molar-refractivity contribution is 8.04. The molecule has 0 radical (unpaired) electrons. The van der Waals surface area contributed by atoms with E-state index in [1.807, 2.05) is 36.4 Å². The van der Waals surface area contributed by atoms with Crippen LogP contribution in [-0.4, -0.2) is 10.4 Å². The van der Waals surface area contributed by atoms with Crippen LogP contribution >= 0.6 is 11.8 Å². The van der Waals surface area contributed by atoms with Crippen molar-refractivity contribution >= 4 is 23.6 Å². The van der Waals surface area contributed by atoms with Crippen LogP contribution in [0.4, 0.5) is 0 Å². The molecule has 35 heavy (non-hydrogen) atoms. The highest BCUT2D eigenvalue weighted by atomic mass is 32.2. The van der Waals surface area contributed by atoms with Gasteiger partial charge >= 0.3 is 0 Å². The van der Waals surface area contributed by atoms with Crippen molar-refractivity contribution in [3.63, 3.8) is 0 Å². The topological polar surface area (TPSA) is 22.0 Å². The van der Waals surface area contributed by atoms with Crippen LogP contribution in [0.2, 0.25) is 0 Å². The Balaban J connectivity index is 1.62. The van der Waals surface area contributed by atoms with Gasteiger partial charge in [0.15, 0.2) is 0 Å². The van der Waals surface area contributed by atoms with Crippen molar-refractivity contribution in [2.75, 3.05) is 0 Å². The zero-order valence-corrected chi connectivity index (χ0v) is 20.1. The molecule has 0 amide bonds. The summed E-state index contributed by atoms with van der Waals surface area (Å²) in [5, 5.41) is 0. The summed E-state index contributed by atoms with van der Waals surface area (Å²) in [6.07, 6.45) is 2.06. The molecule has 0 spiro atoms. The normalized spacial score (nSPS) is 13.9. The highest BCUT2D eigenvalue weighted by Gasteiger charge is 2.27. The van der Waals surface area contributed by atoms with E-state index in [0.717, 1.165) is 49.1 Å². The Morgan fingerprint density at radius 1 is 0.714 bits per heavy atom. The molecule has 6 rings (SSSR count). The Morgan fingerprint density at radius 3 is 2.03 bits per heavy atom. The van der Waals surface area contributed by atoms with Gasteiger partial charge in [-0.25, -0.2) is 0 Å². The first-order valence-corrected chi connectivity index (χ1v) is 12.5. The van der Waals surface area contributed by atoms with E-state index in [-0.39, 0.29) is 5.78 Å². The maximum atomic E-state index is 13.2. The second-order valence-corrected chi connectivity index (χ2v) is 9.76. The second kappa shape index (κ2) is 8.94. The van der Waals surface area contributed by atoms with E-state index in [2.05, 4.69) is 96.4 Å². The number of allylic oxidation sites excluding steroid dienone is 1. The number of ketones is 1. The summed E-state index contributed by atoms with van der Waals surface area (Å²) in [7, 11) is 0. The van der Waals surface area contributed by atoms with Gasteiger partial charge < -0.3 is 4.57 Å². The summed E-state index contributed by atoms with van der Waals surface area (Å²) in [4.78, 5) is 15.0. The first-order chi connectivity index (χ1) is 17.2. The van der Waals surface area contributed by atoms with Crippen LogP contribution in [0.5, 0.6) is 0 Å². The average molecular weight is 470 g/mol. The summed E-state index contributed by atoms with van der Waals surface area (Å²) in [6.45, 7) is 2.10. The first kappa shape index (κ1) is 21.5. The number of benzene rings is 4. The number of aryl methyl sites for hydroxylation is 1. The van der Waals surface area contributed by atoms with Crippen LogP contribution in [-0.2, 0) is 0 Å². The highest BCUT2D eigenvalue weighted by Crippen LogP contribution is 2.43. The molecule has 5 aromatic rings. The van der Waals surface area contributed by atoms with E-state index in [9.17, 15) is 4.79 Å². The number of hydrogen-bond acceptors (Lipinski definition) is 2. The van der Waals surface area contributed by atoms with Gasteiger partial charge in [0, 0.05) is 21.7 Å². The Hall–Kier alpha value is -4.08. The predicted molar refractivity (Wildman–Crippen MR) is 146 cm³/mol. The lowest BCUT2D eigenvalue weighted by molar-refractivity contribution is 0.104. The summed E-state index contributed by atoms with van der Waals surface area (Å²) < 4.78 is 2.31. The Labute approximate surface area is 209 Å². The molecule has 2 heterocycles. The van der Waals surface area contributed by atoms with Crippen molar-refractivity contribution in [3.8, 4) is 28.2 Å². The number of Topliss-reactive ketones (excluding diaryl/α,β-unsaturated/α-hetero) is 1. The van der Waals surface area contributed by atoms with Gasteiger partial charge in [-0.2, -0.15) is 0 Å². The molecule has 0 saturated carbocycles. The lowest BCUT2D eigenvalue weighted by Gasteiger charge is -2.15. The van der Waals surface area contributed by atoms with Crippen LogP contribution in [0.3, 0.4) is 0 Å². The molecule has 168 valence electrons. The maximum Gasteiger partial charge on any atom is 0.200 e. The van der Waals surface area contributed by atoms with Gasteiger partial charge in [-0.1, -0.05) is 102 Å². The number of hydrogen-bond donors (Lipinski definition) is 0. The minimum absolute atomic E-state index is 0.0916. The van der Waals surface area contributed by atoms with Crippen molar-refractivity contribution in [3.05, 3.63) is 137 Å². The minimum Gasteiger partial charge on any atom is -0.309 e. The van der Waals surface area contributed by atoms with Crippen molar-refractivity contribution < 1.29 is 4.79 Å². The van der Waals surface area contributed by atoms with Gasteiger partial charge in [0.2, 0.25) is 5.78 Å². The molecule has 0 saturated heterocycles. The van der Waals surface area contributed by atoms with E-state index in [1.54, 1.807) is 11.8 Å². The Morgan fingerprint density at radius 2 is 1.34 bits per heavy atom. The zero-order valence-electron chi connectivity index (χ0n) is 19.3. The van der Waals surface area contributed by atoms with Crippen molar-refractivity contribution in [1.82, 2.24) is 4.57 Å².